The zero-order chi connectivity index (χ0) is 31.3. The number of carboxylic acid groups (broad SMARTS) is 2. The van der Waals surface area contributed by atoms with Crippen molar-refractivity contribution in [3.63, 3.8) is 0 Å². The number of rotatable bonds is 15. The van der Waals surface area contributed by atoms with Gasteiger partial charge in [0.15, 0.2) is 0 Å². The summed E-state index contributed by atoms with van der Waals surface area (Å²) < 4.78 is 5.29. The molecular formula is C30H39N3O9. The van der Waals surface area contributed by atoms with E-state index in [0.717, 1.165) is 5.56 Å². The SMILES string of the molecule is CC(C)(C)OC(=O)N[C@@H](Cc1ccccc1)[C@H](O)CC(=O)N[C@@H](CCC(=O)O)C(=O)N[C@@H](Cc1ccccc1)C(=O)O. The summed E-state index contributed by atoms with van der Waals surface area (Å²) in [4.78, 5) is 61.4. The number of hydrogen-bond donors (Lipinski definition) is 6. The molecule has 12 nitrogen and oxygen atoms in total. The molecule has 0 aromatic heterocycles. The summed E-state index contributed by atoms with van der Waals surface area (Å²) in [5.41, 5.74) is 0.624. The summed E-state index contributed by atoms with van der Waals surface area (Å²) in [5, 5.41) is 37.1. The van der Waals surface area contributed by atoms with Gasteiger partial charge in [-0.3, -0.25) is 14.4 Å². The van der Waals surface area contributed by atoms with Crippen molar-refractivity contribution >= 4 is 29.8 Å². The monoisotopic (exact) mass is 585 g/mol. The van der Waals surface area contributed by atoms with Gasteiger partial charge >= 0.3 is 18.0 Å². The predicted molar refractivity (Wildman–Crippen MR) is 152 cm³/mol. The molecule has 0 radical (unpaired) electrons. The molecule has 0 saturated heterocycles. The molecule has 0 bridgehead atoms. The maximum absolute atomic E-state index is 13.0. The molecule has 0 fully saturated rings. The summed E-state index contributed by atoms with van der Waals surface area (Å²) in [6.07, 6.45) is -3.41. The Morgan fingerprint density at radius 2 is 1.33 bits per heavy atom. The average Bonchev–Trinajstić information content (AvgIpc) is 2.90. The Labute approximate surface area is 244 Å². The van der Waals surface area contributed by atoms with Gasteiger partial charge in [-0.25, -0.2) is 9.59 Å². The molecule has 42 heavy (non-hydrogen) atoms. The Kier molecular flexibility index (Phi) is 12.9. The molecular weight excluding hydrogens is 546 g/mol. The van der Waals surface area contributed by atoms with Crippen molar-refractivity contribution in [2.75, 3.05) is 0 Å². The quantitative estimate of drug-likeness (QED) is 0.181. The zero-order valence-electron chi connectivity index (χ0n) is 23.9. The molecule has 228 valence electrons. The van der Waals surface area contributed by atoms with Gasteiger partial charge in [-0.05, 0) is 44.7 Å². The van der Waals surface area contributed by atoms with Crippen LogP contribution in [0.1, 0.15) is 51.2 Å². The number of carboxylic acids is 2. The molecule has 12 heteroatoms. The molecule has 4 atom stereocenters. The number of nitrogens with one attached hydrogen (secondary N) is 3. The van der Waals surface area contributed by atoms with Crippen LogP contribution >= 0.6 is 0 Å². The van der Waals surface area contributed by atoms with Crippen molar-refractivity contribution in [3.05, 3.63) is 71.8 Å². The summed E-state index contributed by atoms with van der Waals surface area (Å²) in [6, 6.07) is 13.9. The Hall–Kier alpha value is -4.45. The Balaban J connectivity index is 2.13. The molecule has 3 amide bonds. The molecule has 2 aromatic rings. The second kappa shape index (κ2) is 16.1. The highest BCUT2D eigenvalue weighted by molar-refractivity contribution is 5.91. The Bertz CT molecular complexity index is 1200. The molecule has 2 rings (SSSR count). The minimum atomic E-state index is -1.41. The van der Waals surface area contributed by atoms with Gasteiger partial charge in [0.05, 0.1) is 18.6 Å². The van der Waals surface area contributed by atoms with Crippen LogP contribution in [0.5, 0.6) is 0 Å². The first-order chi connectivity index (χ1) is 19.7. The summed E-state index contributed by atoms with van der Waals surface area (Å²) in [7, 11) is 0. The Morgan fingerprint density at radius 1 is 0.786 bits per heavy atom. The predicted octanol–water partition coefficient (Wildman–Crippen LogP) is 2.04. The number of aliphatic hydroxyl groups is 1. The van der Waals surface area contributed by atoms with Gasteiger partial charge in [0.2, 0.25) is 11.8 Å². The highest BCUT2D eigenvalue weighted by atomic mass is 16.6. The lowest BCUT2D eigenvalue weighted by Gasteiger charge is -2.27. The normalized spacial score (nSPS) is 14.0. The van der Waals surface area contributed by atoms with Crippen molar-refractivity contribution in [2.24, 2.45) is 0 Å². The van der Waals surface area contributed by atoms with Crippen LogP contribution in [0.4, 0.5) is 4.79 Å². The van der Waals surface area contributed by atoms with Gasteiger partial charge in [0.25, 0.3) is 0 Å². The fraction of sp³-hybridized carbons (Fsp3) is 0.433. The number of amides is 3. The second-order valence-corrected chi connectivity index (χ2v) is 10.9. The number of alkyl carbamates (subject to hydrolysis) is 1. The van der Waals surface area contributed by atoms with Crippen molar-refractivity contribution in [3.8, 4) is 0 Å². The van der Waals surface area contributed by atoms with Gasteiger partial charge in [-0.1, -0.05) is 60.7 Å². The lowest BCUT2D eigenvalue weighted by atomic mass is 9.98. The van der Waals surface area contributed by atoms with Crippen LogP contribution in [0.3, 0.4) is 0 Å². The third-order valence-corrected chi connectivity index (χ3v) is 6.06. The number of ether oxygens (including phenoxy) is 1. The smallest absolute Gasteiger partial charge is 0.407 e. The molecule has 0 aliphatic heterocycles. The topological polar surface area (TPSA) is 191 Å². The summed E-state index contributed by atoms with van der Waals surface area (Å²) in [6.45, 7) is 5.04. The van der Waals surface area contributed by atoms with E-state index in [0.29, 0.717) is 5.56 Å². The van der Waals surface area contributed by atoms with E-state index in [1.165, 1.54) is 0 Å². The minimum absolute atomic E-state index is 0.0300. The summed E-state index contributed by atoms with van der Waals surface area (Å²) >= 11 is 0. The maximum Gasteiger partial charge on any atom is 0.407 e. The van der Waals surface area contributed by atoms with Crippen molar-refractivity contribution in [1.29, 1.82) is 0 Å². The molecule has 0 aliphatic rings. The third-order valence-electron chi connectivity index (χ3n) is 6.06. The highest BCUT2D eigenvalue weighted by Gasteiger charge is 2.30. The highest BCUT2D eigenvalue weighted by Crippen LogP contribution is 2.13. The zero-order valence-corrected chi connectivity index (χ0v) is 23.9. The second-order valence-electron chi connectivity index (χ2n) is 10.9. The van der Waals surface area contributed by atoms with Crippen molar-refractivity contribution in [1.82, 2.24) is 16.0 Å². The lowest BCUT2D eigenvalue weighted by Crippen LogP contribution is -2.53. The number of aliphatic hydroxyl groups excluding tert-OH is 1. The number of benzene rings is 2. The van der Waals surface area contributed by atoms with Crippen LogP contribution in [-0.4, -0.2) is 75.0 Å². The van der Waals surface area contributed by atoms with Crippen LogP contribution in [0.25, 0.3) is 0 Å². The minimum Gasteiger partial charge on any atom is -0.481 e. The molecule has 0 heterocycles. The van der Waals surface area contributed by atoms with E-state index in [2.05, 4.69) is 16.0 Å². The van der Waals surface area contributed by atoms with Crippen LogP contribution in [0.2, 0.25) is 0 Å². The van der Waals surface area contributed by atoms with Crippen LogP contribution in [0, 0.1) is 0 Å². The van der Waals surface area contributed by atoms with E-state index in [1.807, 2.05) is 0 Å². The van der Waals surface area contributed by atoms with E-state index in [4.69, 9.17) is 9.84 Å². The molecule has 2 aromatic carbocycles. The first-order valence-electron chi connectivity index (χ1n) is 13.5. The number of carbonyl (C=O) groups is 5. The van der Waals surface area contributed by atoms with E-state index < -0.39 is 72.5 Å². The fourth-order valence-electron chi connectivity index (χ4n) is 4.05. The first kappa shape index (κ1) is 33.8. The lowest BCUT2D eigenvalue weighted by molar-refractivity contribution is -0.143. The van der Waals surface area contributed by atoms with Crippen molar-refractivity contribution in [2.45, 2.75) is 82.7 Å². The van der Waals surface area contributed by atoms with Gasteiger partial charge in [-0.15, -0.1) is 0 Å². The van der Waals surface area contributed by atoms with Crippen LogP contribution in [-0.2, 0) is 36.8 Å². The molecule has 0 spiro atoms. The van der Waals surface area contributed by atoms with Crippen molar-refractivity contribution < 1.29 is 44.0 Å². The molecule has 0 aliphatic carbocycles. The van der Waals surface area contributed by atoms with E-state index in [9.17, 15) is 34.2 Å². The largest absolute Gasteiger partial charge is 0.481 e. The van der Waals surface area contributed by atoms with E-state index >= 15 is 0 Å². The van der Waals surface area contributed by atoms with Crippen LogP contribution in [0.15, 0.2) is 60.7 Å². The average molecular weight is 586 g/mol. The van der Waals surface area contributed by atoms with Gasteiger partial charge < -0.3 is 36.0 Å². The van der Waals surface area contributed by atoms with E-state index in [1.54, 1.807) is 81.4 Å². The van der Waals surface area contributed by atoms with Gasteiger partial charge in [0, 0.05) is 12.8 Å². The molecule has 0 saturated carbocycles. The van der Waals surface area contributed by atoms with Gasteiger partial charge in [0.1, 0.15) is 17.7 Å². The maximum atomic E-state index is 13.0. The number of aliphatic carboxylic acids is 2. The molecule has 6 N–H and O–H groups in total. The fourth-order valence-corrected chi connectivity index (χ4v) is 4.05. The number of carbonyl (C=O) groups excluding carboxylic acids is 3. The molecule has 0 unspecified atom stereocenters. The van der Waals surface area contributed by atoms with Gasteiger partial charge in [-0.2, -0.15) is 0 Å². The summed E-state index contributed by atoms with van der Waals surface area (Å²) in [5.74, 6) is -4.20. The standard InChI is InChI=1S/C30H39N3O9/c1-30(2,3)42-29(41)33-22(16-19-10-6-4-7-11-19)24(34)18-25(35)31-21(14-15-26(36)37)27(38)32-23(28(39)40)17-20-12-8-5-9-13-20/h4-13,21-24,34H,14-18H2,1-3H3,(H,31,35)(H,32,38)(H,33,41)(H,36,37)(H,39,40)/t21-,22-,23-,24+/m0/s1. The Morgan fingerprint density at radius 3 is 1.83 bits per heavy atom. The third kappa shape index (κ3) is 12.8. The number of hydrogen-bond acceptors (Lipinski definition) is 7. The van der Waals surface area contributed by atoms with Crippen LogP contribution < -0.4 is 16.0 Å². The first-order valence-corrected chi connectivity index (χ1v) is 13.5. The van der Waals surface area contributed by atoms with E-state index in [-0.39, 0.29) is 19.3 Å².